The number of esters is 3. The number of methoxy groups -OCH3 is 3. The summed E-state index contributed by atoms with van der Waals surface area (Å²) in [4.78, 5) is 55.4. The molecule has 0 fully saturated rings. The Morgan fingerprint density at radius 3 is 0.885 bits per heavy atom. The van der Waals surface area contributed by atoms with E-state index >= 15 is 0 Å². The average molecular weight is 868 g/mol. The molecule has 10 nitrogen and oxygen atoms in total. The largest absolute Gasteiger partial charge is 0.465 e. The lowest BCUT2D eigenvalue weighted by Crippen LogP contribution is -2.00. The molecule has 11 heteroatoms. The highest BCUT2D eigenvalue weighted by atomic mass is 79.9. The summed E-state index contributed by atoms with van der Waals surface area (Å²) in [5.74, 6) is -1.29. The molecule has 0 aliphatic carbocycles. The van der Waals surface area contributed by atoms with Crippen molar-refractivity contribution in [2.75, 3.05) is 21.3 Å². The molecular weight excluding hydrogens is 832 g/mol. The summed E-state index contributed by atoms with van der Waals surface area (Å²) < 4.78 is 15.9. The Morgan fingerprint density at radius 1 is 0.393 bits per heavy atom. The second-order valence-electron chi connectivity index (χ2n) is 14.2. The average Bonchev–Trinajstić information content (AvgIpc) is 4.15. The summed E-state index contributed by atoms with van der Waals surface area (Å²) in [6.45, 7) is 0. The van der Waals surface area contributed by atoms with Gasteiger partial charge in [0.1, 0.15) is 0 Å². The number of carbonyl (C=O) groups is 3. The maximum atomic E-state index is 12.5. The molecule has 8 bridgehead atoms. The van der Waals surface area contributed by atoms with Crippen molar-refractivity contribution in [2.45, 2.75) is 0 Å². The van der Waals surface area contributed by atoms with Gasteiger partial charge in [0, 0.05) is 48.8 Å². The van der Waals surface area contributed by atoms with Crippen molar-refractivity contribution in [3.8, 4) is 44.5 Å². The van der Waals surface area contributed by atoms with Crippen molar-refractivity contribution >= 4 is 80.2 Å². The monoisotopic (exact) mass is 866 g/mol. The molecule has 0 radical (unpaired) electrons. The number of rotatable bonds is 7. The first-order valence-electron chi connectivity index (χ1n) is 19.2. The maximum Gasteiger partial charge on any atom is 0.337 e. The summed E-state index contributed by atoms with van der Waals surface area (Å²) in [5.41, 5.74) is 14.0. The molecule has 5 heterocycles. The summed E-state index contributed by atoms with van der Waals surface area (Å²) in [7, 11) is 4.08. The van der Waals surface area contributed by atoms with E-state index in [2.05, 4.69) is 38.0 Å². The van der Waals surface area contributed by atoms with E-state index in [0.29, 0.717) is 33.8 Å². The van der Waals surface area contributed by atoms with Crippen LogP contribution >= 0.6 is 15.9 Å². The minimum absolute atomic E-state index is 0.417. The van der Waals surface area contributed by atoms with Gasteiger partial charge in [-0.2, -0.15) is 0 Å². The van der Waals surface area contributed by atoms with Crippen LogP contribution < -0.4 is 0 Å². The van der Waals surface area contributed by atoms with Crippen LogP contribution in [0.2, 0.25) is 0 Å². The van der Waals surface area contributed by atoms with Gasteiger partial charge in [0.05, 0.1) is 60.8 Å². The minimum Gasteiger partial charge on any atom is -0.465 e. The topological polar surface area (TPSA) is 136 Å². The number of H-pyrrole nitrogens is 2. The fourth-order valence-electron chi connectivity index (χ4n) is 7.71. The fraction of sp³-hybridized carbons (Fsp3) is 0.0600. The van der Waals surface area contributed by atoms with Gasteiger partial charge < -0.3 is 24.2 Å². The van der Waals surface area contributed by atoms with Crippen molar-refractivity contribution in [3.05, 3.63) is 165 Å². The molecule has 4 aromatic carbocycles. The summed E-state index contributed by atoms with van der Waals surface area (Å²) >= 11 is 3.60. The highest BCUT2D eigenvalue weighted by molar-refractivity contribution is 9.10. The van der Waals surface area contributed by atoms with Gasteiger partial charge in [-0.3, -0.25) is 0 Å². The molecule has 0 saturated carbocycles. The Hall–Kier alpha value is -7.63. The van der Waals surface area contributed by atoms with E-state index in [4.69, 9.17) is 24.2 Å². The molecule has 0 atom stereocenters. The Kier molecular flexibility index (Phi) is 10.3. The van der Waals surface area contributed by atoms with Gasteiger partial charge in [0.2, 0.25) is 0 Å². The Labute approximate surface area is 358 Å². The van der Waals surface area contributed by atoms with Crippen LogP contribution in [0.1, 0.15) is 53.8 Å². The van der Waals surface area contributed by atoms with Crippen molar-refractivity contribution in [3.63, 3.8) is 0 Å². The Bertz CT molecular complexity index is 3070. The maximum absolute atomic E-state index is 12.5. The number of aromatic nitrogens is 4. The first-order chi connectivity index (χ1) is 29.7. The number of nitrogens with one attached hydrogen (secondary N) is 2. The van der Waals surface area contributed by atoms with E-state index in [-0.39, 0.29) is 0 Å². The zero-order valence-electron chi connectivity index (χ0n) is 33.1. The van der Waals surface area contributed by atoms with Crippen LogP contribution in [0.4, 0.5) is 0 Å². The lowest BCUT2D eigenvalue weighted by Gasteiger charge is -2.08. The van der Waals surface area contributed by atoms with E-state index in [1.54, 1.807) is 36.4 Å². The molecule has 0 saturated heterocycles. The van der Waals surface area contributed by atoms with Crippen LogP contribution in [-0.4, -0.2) is 59.2 Å². The standard InChI is InChI=1S/C50H35BrN4O6/c1-59-48(56)32-10-4-28(5-11-32)44-36-20-22-38(52-36)45(29-6-12-33(13-7-29)49(57)60-2)40-24-26-42(54-40)47(31-16-18-35(51)19-17-31)43-27-25-41(55-43)46(39-23-21-37(44)53-39)30-8-14-34(15-9-30)50(58)61-3/h4-27,52,55H,1-3H3. The molecule has 2 aliphatic rings. The Morgan fingerprint density at radius 2 is 0.639 bits per heavy atom. The van der Waals surface area contributed by atoms with Crippen LogP contribution in [0.3, 0.4) is 0 Å². The zero-order chi connectivity index (χ0) is 42.2. The molecule has 0 unspecified atom stereocenters. The SMILES string of the molecule is COC(=O)c1ccc(-c2c3nc(c(-c4ccc(C(=O)OC)cc4)c4ccc([nH]4)c(-c4ccc(C(=O)OC)cc4)c4nc(c(-c5ccc(Br)cc5)c5ccc2[nH]5)C=C4)C=C3)cc1. The summed E-state index contributed by atoms with van der Waals surface area (Å²) in [6.07, 6.45) is 7.97. The molecule has 61 heavy (non-hydrogen) atoms. The molecule has 0 amide bonds. The normalized spacial score (nSPS) is 11.7. The predicted molar refractivity (Wildman–Crippen MR) is 242 cm³/mol. The minimum atomic E-state index is -0.437. The van der Waals surface area contributed by atoms with Gasteiger partial charge in [-0.05, 0) is 119 Å². The highest BCUT2D eigenvalue weighted by Crippen LogP contribution is 2.39. The fourth-order valence-corrected chi connectivity index (χ4v) is 7.97. The second-order valence-corrected chi connectivity index (χ2v) is 15.1. The lowest BCUT2D eigenvalue weighted by atomic mass is 10.0. The number of benzene rings is 4. The van der Waals surface area contributed by atoms with Crippen LogP contribution in [0.5, 0.6) is 0 Å². The molecule has 9 rings (SSSR count). The van der Waals surface area contributed by atoms with E-state index < -0.39 is 17.9 Å². The van der Waals surface area contributed by atoms with Crippen molar-refractivity contribution in [1.29, 1.82) is 0 Å². The molecule has 7 aromatic rings. The number of hydrogen-bond donors (Lipinski definition) is 2. The van der Waals surface area contributed by atoms with Gasteiger partial charge in [-0.25, -0.2) is 24.4 Å². The lowest BCUT2D eigenvalue weighted by molar-refractivity contribution is 0.0592. The molecule has 2 aliphatic heterocycles. The number of fused-ring (bicyclic) bond motifs is 8. The quantitative estimate of drug-likeness (QED) is 0.119. The molecular formula is C50H35BrN4O6. The number of hydrogen-bond acceptors (Lipinski definition) is 8. The van der Waals surface area contributed by atoms with Gasteiger partial charge in [-0.1, -0.05) is 64.5 Å². The van der Waals surface area contributed by atoms with Gasteiger partial charge in [-0.15, -0.1) is 0 Å². The van der Waals surface area contributed by atoms with Crippen molar-refractivity contribution < 1.29 is 28.6 Å². The number of carbonyl (C=O) groups excluding carboxylic acids is 3. The van der Waals surface area contributed by atoms with Crippen LogP contribution in [0.25, 0.3) is 90.9 Å². The summed E-state index contributed by atoms with van der Waals surface area (Å²) in [6, 6.07) is 38.0. The third kappa shape index (κ3) is 7.36. The molecule has 0 spiro atoms. The van der Waals surface area contributed by atoms with Gasteiger partial charge in [0.15, 0.2) is 0 Å². The number of aromatic amines is 2. The van der Waals surface area contributed by atoms with E-state index in [0.717, 1.165) is 76.7 Å². The number of ether oxygens (including phenoxy) is 3. The van der Waals surface area contributed by atoms with Crippen molar-refractivity contribution in [1.82, 2.24) is 19.9 Å². The highest BCUT2D eigenvalue weighted by Gasteiger charge is 2.20. The Balaban J connectivity index is 1.41. The smallest absolute Gasteiger partial charge is 0.337 e. The third-order valence-electron chi connectivity index (χ3n) is 10.7. The summed E-state index contributed by atoms with van der Waals surface area (Å²) in [5, 5.41) is 0. The van der Waals surface area contributed by atoms with Crippen LogP contribution in [-0.2, 0) is 14.2 Å². The van der Waals surface area contributed by atoms with Crippen molar-refractivity contribution in [2.24, 2.45) is 0 Å². The third-order valence-corrected chi connectivity index (χ3v) is 11.2. The van der Waals surface area contributed by atoms with E-state index in [1.807, 2.05) is 97.1 Å². The van der Waals surface area contributed by atoms with Crippen LogP contribution in [0.15, 0.2) is 126 Å². The molecule has 3 aromatic heterocycles. The first kappa shape index (κ1) is 38.9. The number of halogens is 1. The van der Waals surface area contributed by atoms with Gasteiger partial charge >= 0.3 is 17.9 Å². The first-order valence-corrected chi connectivity index (χ1v) is 20.0. The van der Waals surface area contributed by atoms with Gasteiger partial charge in [0.25, 0.3) is 0 Å². The second kappa shape index (κ2) is 16.2. The van der Waals surface area contributed by atoms with E-state index in [1.165, 1.54) is 21.3 Å². The zero-order valence-corrected chi connectivity index (χ0v) is 34.7. The predicted octanol–water partition coefficient (Wildman–Crippen LogP) is 11.4. The van der Waals surface area contributed by atoms with Crippen LogP contribution in [0, 0.1) is 0 Å². The molecule has 2 N–H and O–H groups in total. The molecule has 298 valence electrons. The van der Waals surface area contributed by atoms with E-state index in [9.17, 15) is 14.4 Å². The number of nitrogens with zero attached hydrogens (tertiary/aromatic N) is 2.